The van der Waals surface area contributed by atoms with Gasteiger partial charge in [0.1, 0.15) is 5.75 Å². The van der Waals surface area contributed by atoms with Gasteiger partial charge in [0.15, 0.2) is 0 Å². The number of carbonyl (C=O) groups excluding carboxylic acids is 1. The summed E-state index contributed by atoms with van der Waals surface area (Å²) in [6, 6.07) is 7.36. The molecule has 6 heteroatoms. The molecule has 0 unspecified atom stereocenters. The first kappa shape index (κ1) is 14.2. The number of nitrogens with one attached hydrogen (secondary N) is 2. The van der Waals surface area contributed by atoms with Gasteiger partial charge in [-0.1, -0.05) is 6.07 Å². The molecule has 0 aliphatic heterocycles. The summed E-state index contributed by atoms with van der Waals surface area (Å²) in [5.41, 5.74) is 6.06. The van der Waals surface area contributed by atoms with Crippen molar-refractivity contribution in [3.05, 3.63) is 24.3 Å². The van der Waals surface area contributed by atoms with Gasteiger partial charge in [-0.3, -0.25) is 5.41 Å². The molecule has 1 aliphatic rings. The minimum atomic E-state index is -0.151. The fraction of sp³-hybridized carbons (Fsp3) is 0.429. The normalized spacial score (nSPS) is 13.7. The number of amidine groups is 1. The molecule has 1 aromatic carbocycles. The fourth-order valence-corrected chi connectivity index (χ4v) is 1.97. The Balaban J connectivity index is 1.98. The number of hydrogen-bond donors (Lipinski definition) is 3. The van der Waals surface area contributed by atoms with E-state index in [-0.39, 0.29) is 17.9 Å². The Hall–Kier alpha value is -2.24. The highest BCUT2D eigenvalue weighted by molar-refractivity contribution is 5.90. The van der Waals surface area contributed by atoms with E-state index in [1.165, 1.54) is 0 Å². The summed E-state index contributed by atoms with van der Waals surface area (Å²) < 4.78 is 5.13. The molecule has 2 rings (SSSR count). The van der Waals surface area contributed by atoms with Gasteiger partial charge in [0.2, 0.25) is 0 Å². The number of benzene rings is 1. The van der Waals surface area contributed by atoms with Crippen molar-refractivity contribution in [2.45, 2.75) is 25.3 Å². The number of methoxy groups -OCH3 is 1. The van der Waals surface area contributed by atoms with E-state index in [1.807, 2.05) is 18.2 Å². The zero-order valence-corrected chi connectivity index (χ0v) is 11.6. The lowest BCUT2D eigenvalue weighted by Gasteiger charge is -2.22. The van der Waals surface area contributed by atoms with Crippen LogP contribution in [0.5, 0.6) is 5.75 Å². The third kappa shape index (κ3) is 3.88. The molecule has 0 saturated heterocycles. The maximum atomic E-state index is 12.3. The first-order valence-electron chi connectivity index (χ1n) is 6.64. The van der Waals surface area contributed by atoms with Crippen LogP contribution in [0, 0.1) is 5.41 Å². The number of nitrogens with two attached hydrogens (primary N) is 1. The Kier molecular flexibility index (Phi) is 4.45. The Bertz CT molecular complexity index is 500. The number of urea groups is 1. The Labute approximate surface area is 118 Å². The summed E-state index contributed by atoms with van der Waals surface area (Å²) in [5, 5.41) is 10.1. The number of hydrogen-bond acceptors (Lipinski definition) is 3. The van der Waals surface area contributed by atoms with Crippen LogP contribution in [0.1, 0.15) is 19.3 Å². The van der Waals surface area contributed by atoms with Crippen LogP contribution in [-0.2, 0) is 0 Å². The molecule has 0 atom stereocenters. The van der Waals surface area contributed by atoms with Crippen LogP contribution >= 0.6 is 0 Å². The largest absolute Gasteiger partial charge is 0.497 e. The van der Waals surface area contributed by atoms with Crippen LogP contribution in [-0.4, -0.2) is 36.5 Å². The van der Waals surface area contributed by atoms with Gasteiger partial charge < -0.3 is 20.7 Å². The van der Waals surface area contributed by atoms with Crippen molar-refractivity contribution < 1.29 is 9.53 Å². The Morgan fingerprint density at radius 1 is 1.55 bits per heavy atom. The molecule has 6 nitrogen and oxygen atoms in total. The van der Waals surface area contributed by atoms with Gasteiger partial charge in [-0.15, -0.1) is 0 Å². The molecule has 0 aromatic heterocycles. The Morgan fingerprint density at radius 3 is 2.90 bits per heavy atom. The number of amides is 2. The molecular weight excluding hydrogens is 256 g/mol. The van der Waals surface area contributed by atoms with Gasteiger partial charge in [-0.05, 0) is 25.0 Å². The lowest BCUT2D eigenvalue weighted by atomic mass is 10.3. The number of anilines is 1. The maximum absolute atomic E-state index is 12.3. The van der Waals surface area contributed by atoms with E-state index in [9.17, 15) is 4.79 Å². The molecule has 2 amide bonds. The SMILES string of the molecule is COc1cccc(NC(=O)N(CCC(=N)N)C2CC2)c1. The van der Waals surface area contributed by atoms with Crippen molar-refractivity contribution >= 4 is 17.6 Å². The fourth-order valence-electron chi connectivity index (χ4n) is 1.97. The molecule has 0 heterocycles. The number of carbonyl (C=O) groups is 1. The minimum Gasteiger partial charge on any atom is -0.497 e. The van der Waals surface area contributed by atoms with E-state index in [0.717, 1.165) is 12.8 Å². The predicted molar refractivity (Wildman–Crippen MR) is 78.3 cm³/mol. The second-order valence-electron chi connectivity index (χ2n) is 4.86. The van der Waals surface area contributed by atoms with Gasteiger partial charge in [-0.2, -0.15) is 0 Å². The first-order chi connectivity index (χ1) is 9.60. The average Bonchev–Trinajstić information content (AvgIpc) is 3.23. The van der Waals surface area contributed by atoms with E-state index in [2.05, 4.69) is 5.32 Å². The van der Waals surface area contributed by atoms with E-state index in [1.54, 1.807) is 18.1 Å². The average molecular weight is 276 g/mol. The van der Waals surface area contributed by atoms with E-state index < -0.39 is 0 Å². The van der Waals surface area contributed by atoms with Gasteiger partial charge in [0.25, 0.3) is 0 Å². The van der Waals surface area contributed by atoms with E-state index >= 15 is 0 Å². The zero-order valence-electron chi connectivity index (χ0n) is 11.6. The predicted octanol–water partition coefficient (Wildman–Crippen LogP) is 2.02. The second-order valence-corrected chi connectivity index (χ2v) is 4.86. The zero-order chi connectivity index (χ0) is 14.5. The summed E-state index contributed by atoms with van der Waals surface area (Å²) >= 11 is 0. The van der Waals surface area contributed by atoms with Gasteiger partial charge in [0, 0.05) is 30.8 Å². The molecule has 1 fully saturated rings. The molecule has 1 aromatic rings. The standard InChI is InChI=1S/C14H20N4O2/c1-20-12-4-2-3-10(9-12)17-14(19)18(11-5-6-11)8-7-13(15)16/h2-4,9,11H,5-8H2,1H3,(H3,15,16)(H,17,19). The number of ether oxygens (including phenoxy) is 1. The van der Waals surface area contributed by atoms with Crippen LogP contribution in [0.4, 0.5) is 10.5 Å². The number of nitrogens with zero attached hydrogens (tertiary/aromatic N) is 1. The summed E-state index contributed by atoms with van der Waals surface area (Å²) in [7, 11) is 1.59. The third-order valence-corrected chi connectivity index (χ3v) is 3.19. The molecule has 0 bridgehead atoms. The van der Waals surface area contributed by atoms with Crippen molar-refractivity contribution in [3.63, 3.8) is 0 Å². The molecule has 1 saturated carbocycles. The summed E-state index contributed by atoms with van der Waals surface area (Å²) in [6.45, 7) is 0.482. The highest BCUT2D eigenvalue weighted by Gasteiger charge is 2.32. The van der Waals surface area contributed by atoms with Crippen LogP contribution in [0.15, 0.2) is 24.3 Å². The topological polar surface area (TPSA) is 91.4 Å². The maximum Gasteiger partial charge on any atom is 0.322 e. The highest BCUT2D eigenvalue weighted by atomic mass is 16.5. The highest BCUT2D eigenvalue weighted by Crippen LogP contribution is 2.28. The summed E-state index contributed by atoms with van der Waals surface area (Å²) in [6.07, 6.45) is 2.44. The first-order valence-corrected chi connectivity index (χ1v) is 6.64. The summed E-state index contributed by atoms with van der Waals surface area (Å²) in [5.74, 6) is 0.800. The molecule has 1 aliphatic carbocycles. The number of rotatable bonds is 6. The van der Waals surface area contributed by atoms with Crippen LogP contribution in [0.25, 0.3) is 0 Å². The smallest absolute Gasteiger partial charge is 0.322 e. The minimum absolute atomic E-state index is 0.102. The summed E-state index contributed by atoms with van der Waals surface area (Å²) in [4.78, 5) is 14.0. The molecule has 108 valence electrons. The van der Waals surface area contributed by atoms with Crippen LogP contribution < -0.4 is 15.8 Å². The van der Waals surface area contributed by atoms with Crippen molar-refractivity contribution in [2.24, 2.45) is 5.73 Å². The lowest BCUT2D eigenvalue weighted by molar-refractivity contribution is 0.210. The van der Waals surface area contributed by atoms with Crippen LogP contribution in [0.2, 0.25) is 0 Å². The van der Waals surface area contributed by atoms with Crippen LogP contribution in [0.3, 0.4) is 0 Å². The molecular formula is C14H20N4O2. The third-order valence-electron chi connectivity index (χ3n) is 3.19. The quantitative estimate of drug-likeness (QED) is 0.548. The molecule has 20 heavy (non-hydrogen) atoms. The molecule has 4 N–H and O–H groups in total. The lowest BCUT2D eigenvalue weighted by Crippen LogP contribution is -2.38. The van der Waals surface area contributed by atoms with Crippen molar-refractivity contribution in [1.82, 2.24) is 4.90 Å². The van der Waals surface area contributed by atoms with Crippen molar-refractivity contribution in [2.75, 3.05) is 19.0 Å². The van der Waals surface area contributed by atoms with Gasteiger partial charge in [0.05, 0.1) is 12.9 Å². The van der Waals surface area contributed by atoms with Gasteiger partial charge >= 0.3 is 6.03 Å². The van der Waals surface area contributed by atoms with E-state index in [0.29, 0.717) is 24.4 Å². The van der Waals surface area contributed by atoms with Crippen molar-refractivity contribution in [1.29, 1.82) is 5.41 Å². The molecule has 0 radical (unpaired) electrons. The molecule has 0 spiro atoms. The van der Waals surface area contributed by atoms with Gasteiger partial charge in [-0.25, -0.2) is 4.79 Å². The van der Waals surface area contributed by atoms with E-state index in [4.69, 9.17) is 15.9 Å². The monoisotopic (exact) mass is 276 g/mol. The van der Waals surface area contributed by atoms with Crippen molar-refractivity contribution in [3.8, 4) is 5.75 Å². The second kappa shape index (κ2) is 6.27. The Morgan fingerprint density at radius 2 is 2.30 bits per heavy atom.